The lowest BCUT2D eigenvalue weighted by Crippen LogP contribution is -2.47. The Balaban J connectivity index is 1.68. The Morgan fingerprint density at radius 2 is 2.00 bits per heavy atom. The van der Waals surface area contributed by atoms with Gasteiger partial charge in [0.15, 0.2) is 0 Å². The summed E-state index contributed by atoms with van der Waals surface area (Å²) in [5.41, 5.74) is -0.111. The predicted octanol–water partition coefficient (Wildman–Crippen LogP) is 0.990. The molecule has 2 fully saturated rings. The van der Waals surface area contributed by atoms with Crippen molar-refractivity contribution in [1.82, 2.24) is 10.2 Å². The molecule has 0 aromatic rings. The quantitative estimate of drug-likeness (QED) is 0.713. The first-order valence-electron chi connectivity index (χ1n) is 7.39. The van der Waals surface area contributed by atoms with Crippen LogP contribution in [-0.4, -0.2) is 60.5 Å². The SMILES string of the molecule is CCNC(C)(CO)CCCN1CC2CCC(C1)O2. The molecule has 0 amide bonds. The summed E-state index contributed by atoms with van der Waals surface area (Å²) in [6, 6.07) is 0. The Kier molecular flexibility index (Phi) is 5.01. The lowest BCUT2D eigenvalue weighted by Gasteiger charge is -2.34. The van der Waals surface area contributed by atoms with Crippen molar-refractivity contribution in [2.75, 3.05) is 32.8 Å². The van der Waals surface area contributed by atoms with Crippen LogP contribution in [0.2, 0.25) is 0 Å². The van der Waals surface area contributed by atoms with Gasteiger partial charge in [0, 0.05) is 18.6 Å². The van der Waals surface area contributed by atoms with Gasteiger partial charge < -0.3 is 15.2 Å². The number of aliphatic hydroxyl groups is 1. The zero-order valence-corrected chi connectivity index (χ0v) is 11.8. The summed E-state index contributed by atoms with van der Waals surface area (Å²) in [6.07, 6.45) is 5.64. The van der Waals surface area contributed by atoms with Gasteiger partial charge in [-0.25, -0.2) is 0 Å². The van der Waals surface area contributed by atoms with Gasteiger partial charge in [0.25, 0.3) is 0 Å². The highest BCUT2D eigenvalue weighted by Crippen LogP contribution is 2.26. The second kappa shape index (κ2) is 6.33. The van der Waals surface area contributed by atoms with Crippen molar-refractivity contribution >= 4 is 0 Å². The number of likely N-dealkylation sites (tertiary alicyclic amines) is 1. The van der Waals surface area contributed by atoms with Crippen molar-refractivity contribution in [3.8, 4) is 0 Å². The molecule has 2 bridgehead atoms. The highest BCUT2D eigenvalue weighted by molar-refractivity contribution is 4.86. The van der Waals surface area contributed by atoms with Crippen LogP contribution in [0.1, 0.15) is 39.5 Å². The van der Waals surface area contributed by atoms with E-state index < -0.39 is 0 Å². The van der Waals surface area contributed by atoms with Crippen molar-refractivity contribution in [3.05, 3.63) is 0 Å². The van der Waals surface area contributed by atoms with Gasteiger partial charge in [-0.15, -0.1) is 0 Å². The third-order valence-electron chi connectivity index (χ3n) is 4.27. The normalized spacial score (nSPS) is 31.5. The lowest BCUT2D eigenvalue weighted by molar-refractivity contribution is -0.0391. The molecule has 2 aliphatic rings. The Hall–Kier alpha value is -0.160. The van der Waals surface area contributed by atoms with E-state index in [4.69, 9.17) is 4.74 Å². The molecule has 106 valence electrons. The van der Waals surface area contributed by atoms with E-state index in [-0.39, 0.29) is 12.1 Å². The Morgan fingerprint density at radius 3 is 2.56 bits per heavy atom. The number of aliphatic hydroxyl groups excluding tert-OH is 1. The van der Waals surface area contributed by atoms with Crippen LogP contribution in [0.25, 0.3) is 0 Å². The molecule has 3 atom stereocenters. The summed E-state index contributed by atoms with van der Waals surface area (Å²) in [4.78, 5) is 2.54. The first kappa shape index (κ1) is 14.3. The Bertz CT molecular complexity index is 250. The number of morpholine rings is 1. The zero-order valence-electron chi connectivity index (χ0n) is 11.8. The maximum atomic E-state index is 9.45. The third-order valence-corrected chi connectivity index (χ3v) is 4.27. The Labute approximate surface area is 111 Å². The molecule has 3 unspecified atom stereocenters. The van der Waals surface area contributed by atoms with Crippen molar-refractivity contribution in [2.24, 2.45) is 0 Å². The van der Waals surface area contributed by atoms with Gasteiger partial charge in [0.1, 0.15) is 0 Å². The van der Waals surface area contributed by atoms with Crippen LogP contribution in [-0.2, 0) is 4.74 Å². The minimum absolute atomic E-state index is 0.111. The highest BCUT2D eigenvalue weighted by Gasteiger charge is 2.33. The van der Waals surface area contributed by atoms with Crippen LogP contribution >= 0.6 is 0 Å². The van der Waals surface area contributed by atoms with Gasteiger partial charge in [-0.3, -0.25) is 4.90 Å². The standard InChI is InChI=1S/C14H28N2O2/c1-3-15-14(2,11-17)7-4-8-16-9-12-5-6-13(10-16)18-12/h12-13,15,17H,3-11H2,1-2H3. The van der Waals surface area contributed by atoms with Gasteiger partial charge in [-0.2, -0.15) is 0 Å². The van der Waals surface area contributed by atoms with Gasteiger partial charge in [-0.05, 0) is 45.7 Å². The number of hydrogen-bond acceptors (Lipinski definition) is 4. The molecule has 2 aliphatic heterocycles. The molecule has 2 N–H and O–H groups in total. The summed E-state index contributed by atoms with van der Waals surface area (Å²) in [5, 5.41) is 12.8. The van der Waals surface area contributed by atoms with Crippen molar-refractivity contribution in [1.29, 1.82) is 0 Å². The number of nitrogens with one attached hydrogen (secondary N) is 1. The number of hydrogen-bond donors (Lipinski definition) is 2. The van der Waals surface area contributed by atoms with E-state index in [0.29, 0.717) is 12.2 Å². The van der Waals surface area contributed by atoms with Crippen molar-refractivity contribution in [3.63, 3.8) is 0 Å². The van der Waals surface area contributed by atoms with Crippen LogP contribution in [0.3, 0.4) is 0 Å². The largest absolute Gasteiger partial charge is 0.394 e. The molecule has 0 aromatic carbocycles. The van der Waals surface area contributed by atoms with Crippen LogP contribution in [0.4, 0.5) is 0 Å². The smallest absolute Gasteiger partial charge is 0.0707 e. The van der Waals surface area contributed by atoms with Crippen molar-refractivity contribution < 1.29 is 9.84 Å². The predicted molar refractivity (Wildman–Crippen MR) is 72.7 cm³/mol. The second-order valence-electron chi connectivity index (χ2n) is 6.07. The number of fused-ring (bicyclic) bond motifs is 2. The summed E-state index contributed by atoms with van der Waals surface area (Å²) < 4.78 is 5.84. The molecule has 18 heavy (non-hydrogen) atoms. The zero-order chi connectivity index (χ0) is 13.0. The fourth-order valence-corrected chi connectivity index (χ4v) is 3.22. The lowest BCUT2D eigenvalue weighted by atomic mass is 9.96. The minimum atomic E-state index is -0.111. The average molecular weight is 256 g/mol. The molecule has 0 aliphatic carbocycles. The molecule has 0 spiro atoms. The summed E-state index contributed by atoms with van der Waals surface area (Å²) >= 11 is 0. The fraction of sp³-hybridized carbons (Fsp3) is 1.00. The molecule has 4 heteroatoms. The number of nitrogens with zero attached hydrogens (tertiary/aromatic N) is 1. The molecule has 0 saturated carbocycles. The van der Waals surface area contributed by atoms with E-state index in [1.807, 2.05) is 0 Å². The molecule has 0 radical (unpaired) electrons. The van der Waals surface area contributed by atoms with Crippen LogP contribution in [0, 0.1) is 0 Å². The summed E-state index contributed by atoms with van der Waals surface area (Å²) in [7, 11) is 0. The van der Waals surface area contributed by atoms with Gasteiger partial charge in [-0.1, -0.05) is 6.92 Å². The molecule has 2 heterocycles. The molecule has 2 rings (SSSR count). The van der Waals surface area contributed by atoms with E-state index in [1.165, 1.54) is 12.8 Å². The minimum Gasteiger partial charge on any atom is -0.394 e. The van der Waals surface area contributed by atoms with Gasteiger partial charge in [0.05, 0.1) is 18.8 Å². The van der Waals surface area contributed by atoms with Crippen LogP contribution in [0.5, 0.6) is 0 Å². The van der Waals surface area contributed by atoms with E-state index in [2.05, 4.69) is 24.1 Å². The topological polar surface area (TPSA) is 44.7 Å². The number of ether oxygens (including phenoxy) is 1. The van der Waals surface area contributed by atoms with E-state index in [1.54, 1.807) is 0 Å². The molecular formula is C14H28N2O2. The first-order valence-corrected chi connectivity index (χ1v) is 7.39. The molecular weight excluding hydrogens is 228 g/mol. The van der Waals surface area contributed by atoms with Gasteiger partial charge >= 0.3 is 0 Å². The number of rotatable bonds is 7. The van der Waals surface area contributed by atoms with Gasteiger partial charge in [0.2, 0.25) is 0 Å². The third kappa shape index (κ3) is 3.67. The molecule has 0 aromatic heterocycles. The summed E-state index contributed by atoms with van der Waals surface area (Å²) in [5.74, 6) is 0. The fourth-order valence-electron chi connectivity index (χ4n) is 3.22. The number of likely N-dealkylation sites (N-methyl/N-ethyl adjacent to an activating group) is 1. The summed E-state index contributed by atoms with van der Waals surface area (Å²) in [6.45, 7) is 8.68. The van der Waals surface area contributed by atoms with Crippen LogP contribution in [0.15, 0.2) is 0 Å². The monoisotopic (exact) mass is 256 g/mol. The average Bonchev–Trinajstić information content (AvgIpc) is 2.69. The maximum absolute atomic E-state index is 9.45. The molecule has 4 nitrogen and oxygen atoms in total. The van der Waals surface area contributed by atoms with Crippen molar-refractivity contribution in [2.45, 2.75) is 57.3 Å². The van der Waals surface area contributed by atoms with E-state index >= 15 is 0 Å². The van der Waals surface area contributed by atoms with E-state index in [9.17, 15) is 5.11 Å². The highest BCUT2D eigenvalue weighted by atomic mass is 16.5. The second-order valence-corrected chi connectivity index (χ2v) is 6.07. The Morgan fingerprint density at radius 1 is 1.33 bits per heavy atom. The van der Waals surface area contributed by atoms with Crippen LogP contribution < -0.4 is 5.32 Å². The van der Waals surface area contributed by atoms with E-state index in [0.717, 1.165) is 39.0 Å². The first-order chi connectivity index (χ1) is 8.65. The maximum Gasteiger partial charge on any atom is 0.0707 e. The molecule has 2 saturated heterocycles.